The van der Waals surface area contributed by atoms with Crippen molar-refractivity contribution in [2.75, 3.05) is 12.3 Å². The Hall–Kier alpha value is -1.65. The lowest BCUT2D eigenvalue weighted by Gasteiger charge is -2.06. The van der Waals surface area contributed by atoms with E-state index in [0.717, 1.165) is 16.0 Å². The molecule has 1 amide bonds. The summed E-state index contributed by atoms with van der Waals surface area (Å²) in [7, 11) is -1.09. The van der Waals surface area contributed by atoms with Gasteiger partial charge in [0.05, 0.1) is 17.2 Å². The standard InChI is InChI=1S/C17H18ClNO2S/c1-13-2-8-16(9-3-13)22(21)11-10-19-17(20)12-14-4-6-15(18)7-5-14/h2-9H,10-12H2,1H3,(H,19,20)/t22-/m0/s1. The van der Waals surface area contributed by atoms with Crippen LogP contribution in [0.1, 0.15) is 11.1 Å². The first-order valence-electron chi connectivity index (χ1n) is 7.01. The van der Waals surface area contributed by atoms with Crippen molar-refractivity contribution < 1.29 is 9.00 Å². The lowest BCUT2D eigenvalue weighted by molar-refractivity contribution is -0.120. The molecule has 5 heteroatoms. The van der Waals surface area contributed by atoms with Crippen molar-refractivity contribution in [3.05, 3.63) is 64.7 Å². The molecular weight excluding hydrogens is 318 g/mol. The normalized spacial score (nSPS) is 11.9. The molecule has 2 aromatic carbocycles. The van der Waals surface area contributed by atoms with Crippen LogP contribution in [0.2, 0.25) is 5.02 Å². The molecule has 0 aliphatic rings. The van der Waals surface area contributed by atoms with E-state index in [0.29, 0.717) is 23.7 Å². The van der Waals surface area contributed by atoms with Gasteiger partial charge in [-0.25, -0.2) is 0 Å². The molecule has 0 radical (unpaired) electrons. The van der Waals surface area contributed by atoms with Gasteiger partial charge in [0.2, 0.25) is 5.91 Å². The van der Waals surface area contributed by atoms with Crippen LogP contribution in [0, 0.1) is 6.92 Å². The van der Waals surface area contributed by atoms with Crippen molar-refractivity contribution in [3.63, 3.8) is 0 Å². The number of carbonyl (C=O) groups excluding carboxylic acids is 1. The predicted octanol–water partition coefficient (Wildman–Crippen LogP) is 3.11. The van der Waals surface area contributed by atoms with Gasteiger partial charge in [0, 0.05) is 22.2 Å². The number of nitrogens with one attached hydrogen (secondary N) is 1. The molecule has 0 unspecified atom stereocenters. The highest BCUT2D eigenvalue weighted by Gasteiger charge is 2.06. The molecule has 1 N–H and O–H groups in total. The average Bonchev–Trinajstić information content (AvgIpc) is 2.50. The first-order chi connectivity index (χ1) is 10.5. The number of halogens is 1. The Bertz CT molecular complexity index is 653. The maximum absolute atomic E-state index is 12.1. The summed E-state index contributed by atoms with van der Waals surface area (Å²) in [5.41, 5.74) is 2.04. The van der Waals surface area contributed by atoms with Crippen LogP contribution in [0.25, 0.3) is 0 Å². The summed E-state index contributed by atoms with van der Waals surface area (Å²) in [6.45, 7) is 2.39. The molecule has 0 bridgehead atoms. The molecule has 0 fully saturated rings. The number of carbonyl (C=O) groups is 1. The monoisotopic (exact) mass is 335 g/mol. The second-order valence-corrected chi connectivity index (χ2v) is 7.02. The minimum absolute atomic E-state index is 0.0803. The highest BCUT2D eigenvalue weighted by atomic mass is 35.5. The van der Waals surface area contributed by atoms with Gasteiger partial charge >= 0.3 is 0 Å². The SMILES string of the molecule is Cc1ccc([S@@](=O)CCNC(=O)Cc2ccc(Cl)cc2)cc1. The number of hydrogen-bond acceptors (Lipinski definition) is 2. The topological polar surface area (TPSA) is 46.2 Å². The number of aryl methyl sites for hydroxylation is 1. The number of amides is 1. The maximum Gasteiger partial charge on any atom is 0.224 e. The van der Waals surface area contributed by atoms with Gasteiger partial charge < -0.3 is 5.32 Å². The van der Waals surface area contributed by atoms with Crippen LogP contribution in [0.3, 0.4) is 0 Å². The van der Waals surface area contributed by atoms with Crippen LogP contribution in [0.4, 0.5) is 0 Å². The molecule has 0 aromatic heterocycles. The molecule has 1 atom stereocenters. The van der Waals surface area contributed by atoms with Crippen molar-refractivity contribution >= 4 is 28.3 Å². The van der Waals surface area contributed by atoms with Crippen molar-refractivity contribution in [3.8, 4) is 0 Å². The maximum atomic E-state index is 12.1. The molecule has 22 heavy (non-hydrogen) atoms. The first-order valence-corrected chi connectivity index (χ1v) is 8.70. The fraction of sp³-hybridized carbons (Fsp3) is 0.235. The van der Waals surface area contributed by atoms with E-state index < -0.39 is 10.8 Å². The van der Waals surface area contributed by atoms with Crippen molar-refractivity contribution in [2.45, 2.75) is 18.2 Å². The molecule has 2 rings (SSSR count). The third-order valence-corrected chi connectivity index (χ3v) is 4.80. The van der Waals surface area contributed by atoms with Gasteiger partial charge in [-0.2, -0.15) is 0 Å². The van der Waals surface area contributed by atoms with E-state index >= 15 is 0 Å². The summed E-state index contributed by atoms with van der Waals surface area (Å²) in [5, 5.41) is 3.44. The third kappa shape index (κ3) is 5.28. The van der Waals surface area contributed by atoms with Crippen molar-refractivity contribution in [1.29, 1.82) is 0 Å². The fourth-order valence-electron chi connectivity index (χ4n) is 1.94. The molecule has 0 spiro atoms. The second kappa shape index (κ2) is 8.11. The Labute approximate surface area is 138 Å². The zero-order chi connectivity index (χ0) is 15.9. The van der Waals surface area contributed by atoms with Crippen LogP contribution >= 0.6 is 11.6 Å². The minimum Gasteiger partial charge on any atom is -0.355 e. The van der Waals surface area contributed by atoms with Crippen LogP contribution in [-0.4, -0.2) is 22.4 Å². The van der Waals surface area contributed by atoms with Crippen LogP contribution in [0.5, 0.6) is 0 Å². The van der Waals surface area contributed by atoms with E-state index in [4.69, 9.17) is 11.6 Å². The zero-order valence-corrected chi connectivity index (χ0v) is 13.9. The Morgan fingerprint density at radius 2 is 1.73 bits per heavy atom. The van der Waals surface area contributed by atoms with Gasteiger partial charge in [-0.1, -0.05) is 41.4 Å². The summed E-state index contributed by atoms with van der Waals surface area (Å²) >= 11 is 5.80. The summed E-state index contributed by atoms with van der Waals surface area (Å²) in [6.07, 6.45) is 0.300. The van der Waals surface area contributed by atoms with E-state index in [1.807, 2.05) is 43.3 Å². The molecule has 2 aromatic rings. The highest BCUT2D eigenvalue weighted by molar-refractivity contribution is 7.85. The lowest BCUT2D eigenvalue weighted by atomic mass is 10.1. The van der Waals surface area contributed by atoms with Gasteiger partial charge in [-0.15, -0.1) is 0 Å². The number of rotatable bonds is 6. The number of hydrogen-bond donors (Lipinski definition) is 1. The Balaban J connectivity index is 1.75. The van der Waals surface area contributed by atoms with E-state index in [1.54, 1.807) is 12.1 Å². The Kier molecular flexibility index (Phi) is 6.16. The zero-order valence-electron chi connectivity index (χ0n) is 12.3. The predicted molar refractivity (Wildman–Crippen MR) is 90.6 cm³/mol. The van der Waals surface area contributed by atoms with Gasteiger partial charge in [0.1, 0.15) is 0 Å². The van der Waals surface area contributed by atoms with Gasteiger partial charge in [0.15, 0.2) is 0 Å². The lowest BCUT2D eigenvalue weighted by Crippen LogP contribution is -2.29. The average molecular weight is 336 g/mol. The third-order valence-electron chi connectivity index (χ3n) is 3.17. The molecule has 3 nitrogen and oxygen atoms in total. The molecule has 116 valence electrons. The summed E-state index contributed by atoms with van der Waals surface area (Å²) in [4.78, 5) is 12.6. The number of benzene rings is 2. The van der Waals surface area contributed by atoms with E-state index in [9.17, 15) is 9.00 Å². The Morgan fingerprint density at radius 3 is 2.36 bits per heavy atom. The van der Waals surface area contributed by atoms with Crippen LogP contribution < -0.4 is 5.32 Å². The van der Waals surface area contributed by atoms with Crippen LogP contribution in [-0.2, 0) is 22.0 Å². The quantitative estimate of drug-likeness (QED) is 0.881. The second-order valence-electron chi connectivity index (χ2n) is 5.02. The van der Waals surface area contributed by atoms with Gasteiger partial charge in [-0.05, 0) is 36.8 Å². The van der Waals surface area contributed by atoms with E-state index in [2.05, 4.69) is 5.32 Å². The van der Waals surface area contributed by atoms with Gasteiger partial charge in [0.25, 0.3) is 0 Å². The smallest absolute Gasteiger partial charge is 0.224 e. The summed E-state index contributed by atoms with van der Waals surface area (Å²) < 4.78 is 12.1. The van der Waals surface area contributed by atoms with E-state index in [1.165, 1.54) is 0 Å². The highest BCUT2D eigenvalue weighted by Crippen LogP contribution is 2.10. The molecular formula is C17H18ClNO2S. The van der Waals surface area contributed by atoms with Crippen molar-refractivity contribution in [1.82, 2.24) is 5.32 Å². The largest absolute Gasteiger partial charge is 0.355 e. The molecule has 0 heterocycles. The van der Waals surface area contributed by atoms with Crippen molar-refractivity contribution in [2.24, 2.45) is 0 Å². The molecule has 0 aliphatic carbocycles. The first kappa shape index (κ1) is 16.7. The fourth-order valence-corrected chi connectivity index (χ4v) is 3.03. The summed E-state index contributed by atoms with van der Waals surface area (Å²) in [6, 6.07) is 14.8. The van der Waals surface area contributed by atoms with Gasteiger partial charge in [-0.3, -0.25) is 9.00 Å². The molecule has 0 aliphatic heterocycles. The molecule has 0 saturated heterocycles. The minimum atomic E-state index is -1.09. The summed E-state index contributed by atoms with van der Waals surface area (Å²) in [5.74, 6) is 0.332. The Morgan fingerprint density at radius 1 is 1.09 bits per heavy atom. The van der Waals surface area contributed by atoms with E-state index in [-0.39, 0.29) is 5.91 Å². The molecule has 0 saturated carbocycles. The van der Waals surface area contributed by atoms with Crippen LogP contribution in [0.15, 0.2) is 53.4 Å².